The number of nitrogens with zero attached hydrogens (tertiary/aromatic N) is 1. The number of rotatable bonds is 2. The highest BCUT2D eigenvalue weighted by Crippen LogP contribution is 2.11. The van der Waals surface area contributed by atoms with Crippen molar-refractivity contribution in [3.05, 3.63) is 0 Å². The molecule has 0 aromatic carbocycles. The second kappa shape index (κ2) is 4.84. The number of carbonyl (C=O) groups is 2. The Labute approximate surface area is 77.5 Å². The van der Waals surface area contributed by atoms with Crippen molar-refractivity contribution in [2.45, 2.75) is 32.1 Å². The van der Waals surface area contributed by atoms with E-state index in [1.807, 2.05) is 0 Å². The third kappa shape index (κ3) is 3.44. The lowest BCUT2D eigenvalue weighted by molar-refractivity contribution is -0.144. The molecule has 0 unspecified atom stereocenters. The van der Waals surface area contributed by atoms with E-state index in [1.54, 1.807) is 0 Å². The number of amides is 1. The normalized spacial score (nSPS) is 19.4. The molecule has 0 aromatic rings. The number of carbonyl (C=O) groups excluding carboxylic acids is 1. The van der Waals surface area contributed by atoms with Gasteiger partial charge in [0.1, 0.15) is 6.54 Å². The molecule has 0 aliphatic carbocycles. The van der Waals surface area contributed by atoms with Gasteiger partial charge >= 0.3 is 5.97 Å². The highest BCUT2D eigenvalue weighted by atomic mass is 16.4. The van der Waals surface area contributed by atoms with Gasteiger partial charge in [-0.1, -0.05) is 12.8 Å². The number of likely N-dealkylation sites (tertiary alicyclic amines) is 1. The highest BCUT2D eigenvalue weighted by molar-refractivity contribution is 5.81. The molecule has 1 aliphatic heterocycles. The standard InChI is InChI=1S/C9H15NO3/c11-8-5-3-1-2-4-6-10(8)7-9(12)13/h1-7H2,(H,12,13). The Morgan fingerprint density at radius 2 is 2.00 bits per heavy atom. The molecule has 13 heavy (non-hydrogen) atoms. The van der Waals surface area contributed by atoms with Crippen molar-refractivity contribution in [1.29, 1.82) is 0 Å². The van der Waals surface area contributed by atoms with Crippen molar-refractivity contribution >= 4 is 11.9 Å². The SMILES string of the molecule is O=C(O)CN1CCCCCCC1=O. The van der Waals surface area contributed by atoms with E-state index in [4.69, 9.17) is 5.11 Å². The smallest absolute Gasteiger partial charge is 0.323 e. The molecule has 0 atom stereocenters. The molecule has 0 bridgehead atoms. The first-order valence-electron chi connectivity index (χ1n) is 4.70. The van der Waals surface area contributed by atoms with Crippen molar-refractivity contribution in [3.8, 4) is 0 Å². The van der Waals surface area contributed by atoms with Gasteiger partial charge in [0.2, 0.25) is 5.91 Å². The van der Waals surface area contributed by atoms with Crippen LogP contribution in [0.2, 0.25) is 0 Å². The van der Waals surface area contributed by atoms with Gasteiger partial charge in [0, 0.05) is 13.0 Å². The zero-order chi connectivity index (χ0) is 9.68. The molecule has 1 saturated heterocycles. The quantitative estimate of drug-likeness (QED) is 0.694. The average molecular weight is 185 g/mol. The van der Waals surface area contributed by atoms with Gasteiger partial charge in [-0.2, -0.15) is 0 Å². The van der Waals surface area contributed by atoms with Crippen LogP contribution < -0.4 is 0 Å². The summed E-state index contributed by atoms with van der Waals surface area (Å²) < 4.78 is 0. The van der Waals surface area contributed by atoms with Gasteiger partial charge in [-0.3, -0.25) is 9.59 Å². The summed E-state index contributed by atoms with van der Waals surface area (Å²) in [5, 5.41) is 8.55. The summed E-state index contributed by atoms with van der Waals surface area (Å²) in [6, 6.07) is 0. The molecule has 1 aliphatic rings. The molecule has 0 spiro atoms. The van der Waals surface area contributed by atoms with E-state index in [2.05, 4.69) is 0 Å². The van der Waals surface area contributed by atoms with Crippen molar-refractivity contribution in [3.63, 3.8) is 0 Å². The summed E-state index contributed by atoms with van der Waals surface area (Å²) in [7, 11) is 0. The van der Waals surface area contributed by atoms with Crippen LogP contribution in [0.25, 0.3) is 0 Å². The van der Waals surface area contributed by atoms with Gasteiger partial charge in [0.25, 0.3) is 0 Å². The Bertz CT molecular complexity index is 203. The van der Waals surface area contributed by atoms with Crippen LogP contribution in [0.15, 0.2) is 0 Å². The van der Waals surface area contributed by atoms with Gasteiger partial charge < -0.3 is 10.0 Å². The molecule has 1 rings (SSSR count). The fourth-order valence-corrected chi connectivity index (χ4v) is 1.55. The van der Waals surface area contributed by atoms with Crippen molar-refractivity contribution in [1.82, 2.24) is 4.90 Å². The maximum Gasteiger partial charge on any atom is 0.323 e. The monoisotopic (exact) mass is 185 g/mol. The van der Waals surface area contributed by atoms with E-state index in [-0.39, 0.29) is 12.5 Å². The number of aliphatic carboxylic acids is 1. The topological polar surface area (TPSA) is 57.6 Å². The van der Waals surface area contributed by atoms with Gasteiger partial charge in [-0.05, 0) is 12.8 Å². The molecule has 74 valence electrons. The lowest BCUT2D eigenvalue weighted by Crippen LogP contribution is -2.37. The maximum absolute atomic E-state index is 11.4. The van der Waals surface area contributed by atoms with E-state index in [0.717, 1.165) is 25.7 Å². The van der Waals surface area contributed by atoms with Crippen LogP contribution >= 0.6 is 0 Å². The Hall–Kier alpha value is -1.06. The molecule has 1 N–H and O–H groups in total. The number of carboxylic acids is 1. The minimum atomic E-state index is -0.922. The van der Waals surface area contributed by atoms with Crippen LogP contribution in [0.5, 0.6) is 0 Å². The number of hydrogen-bond acceptors (Lipinski definition) is 2. The molecule has 4 heteroatoms. The summed E-state index contributed by atoms with van der Waals surface area (Å²) in [6.07, 6.45) is 4.53. The molecular weight excluding hydrogens is 170 g/mol. The minimum absolute atomic E-state index is 0.0119. The van der Waals surface area contributed by atoms with E-state index >= 15 is 0 Å². The zero-order valence-electron chi connectivity index (χ0n) is 7.66. The molecular formula is C9H15NO3. The summed E-state index contributed by atoms with van der Waals surface area (Å²) in [5.41, 5.74) is 0. The largest absolute Gasteiger partial charge is 0.480 e. The van der Waals surface area contributed by atoms with Crippen molar-refractivity contribution in [2.75, 3.05) is 13.1 Å². The fourth-order valence-electron chi connectivity index (χ4n) is 1.55. The fraction of sp³-hybridized carbons (Fsp3) is 0.778. The third-order valence-electron chi connectivity index (χ3n) is 2.25. The molecule has 0 saturated carbocycles. The second-order valence-corrected chi connectivity index (χ2v) is 3.37. The van der Waals surface area contributed by atoms with Gasteiger partial charge in [0.15, 0.2) is 0 Å². The maximum atomic E-state index is 11.4. The third-order valence-corrected chi connectivity index (χ3v) is 2.25. The van der Waals surface area contributed by atoms with Crippen molar-refractivity contribution < 1.29 is 14.7 Å². The summed E-state index contributed by atoms with van der Waals surface area (Å²) in [4.78, 5) is 23.2. The summed E-state index contributed by atoms with van der Waals surface area (Å²) in [6.45, 7) is 0.462. The second-order valence-electron chi connectivity index (χ2n) is 3.37. The van der Waals surface area contributed by atoms with Crippen LogP contribution in [-0.4, -0.2) is 35.0 Å². The predicted octanol–water partition coefficient (Wildman–Crippen LogP) is 0.864. The van der Waals surface area contributed by atoms with Crippen LogP contribution in [0, 0.1) is 0 Å². The van der Waals surface area contributed by atoms with Crippen LogP contribution in [0.1, 0.15) is 32.1 Å². The molecule has 0 aromatic heterocycles. The first-order valence-corrected chi connectivity index (χ1v) is 4.70. The molecule has 4 nitrogen and oxygen atoms in total. The lowest BCUT2D eigenvalue weighted by Gasteiger charge is -2.22. The van der Waals surface area contributed by atoms with E-state index in [9.17, 15) is 9.59 Å². The van der Waals surface area contributed by atoms with Crippen LogP contribution in [-0.2, 0) is 9.59 Å². The van der Waals surface area contributed by atoms with Crippen molar-refractivity contribution in [2.24, 2.45) is 0 Å². The first-order chi connectivity index (χ1) is 6.20. The van der Waals surface area contributed by atoms with Gasteiger partial charge in [0.05, 0.1) is 0 Å². The molecule has 1 amide bonds. The van der Waals surface area contributed by atoms with Crippen LogP contribution in [0.3, 0.4) is 0 Å². The Balaban J connectivity index is 2.46. The zero-order valence-corrected chi connectivity index (χ0v) is 7.66. The van der Waals surface area contributed by atoms with Gasteiger partial charge in [-0.25, -0.2) is 0 Å². The van der Waals surface area contributed by atoms with E-state index in [1.165, 1.54) is 4.90 Å². The molecule has 1 heterocycles. The predicted molar refractivity (Wildman–Crippen MR) is 47.3 cm³/mol. The Kier molecular flexibility index (Phi) is 3.73. The average Bonchev–Trinajstić information content (AvgIpc) is 2.04. The summed E-state index contributed by atoms with van der Waals surface area (Å²) in [5.74, 6) is -0.934. The highest BCUT2D eigenvalue weighted by Gasteiger charge is 2.17. The minimum Gasteiger partial charge on any atom is -0.480 e. The molecule has 0 radical (unpaired) electrons. The Morgan fingerprint density at radius 3 is 2.69 bits per heavy atom. The van der Waals surface area contributed by atoms with Gasteiger partial charge in [-0.15, -0.1) is 0 Å². The number of hydrogen-bond donors (Lipinski definition) is 1. The van der Waals surface area contributed by atoms with E-state index in [0.29, 0.717) is 13.0 Å². The summed E-state index contributed by atoms with van der Waals surface area (Å²) >= 11 is 0. The number of carboxylic acid groups (broad SMARTS) is 1. The molecule has 1 fully saturated rings. The Morgan fingerprint density at radius 1 is 1.31 bits per heavy atom. The van der Waals surface area contributed by atoms with E-state index < -0.39 is 5.97 Å². The first kappa shape index (κ1) is 10.0. The lowest BCUT2D eigenvalue weighted by atomic mass is 10.1. The van der Waals surface area contributed by atoms with Crippen LogP contribution in [0.4, 0.5) is 0 Å².